The molecule has 0 aliphatic carbocycles. The Morgan fingerprint density at radius 1 is 1.53 bits per heavy atom. The van der Waals surface area contributed by atoms with Crippen molar-refractivity contribution in [2.45, 2.75) is 0 Å². The Morgan fingerprint density at radius 2 is 2.40 bits per heavy atom. The number of amides is 1. The van der Waals surface area contributed by atoms with Gasteiger partial charge in [-0.1, -0.05) is 17.8 Å². The molecular formula is C10H11N3OS. The molecule has 0 unspecified atom stereocenters. The van der Waals surface area contributed by atoms with Crippen LogP contribution in [0.25, 0.3) is 0 Å². The fraction of sp³-hybridized carbons (Fsp3) is 0.200. The molecule has 1 heterocycles. The number of nitrogens with one attached hydrogen (secondary N) is 1. The topological polar surface area (TPSA) is 67.5 Å². The second-order valence-electron chi connectivity index (χ2n) is 3.11. The van der Waals surface area contributed by atoms with Gasteiger partial charge in [-0.3, -0.25) is 9.79 Å². The summed E-state index contributed by atoms with van der Waals surface area (Å²) in [6.45, 7) is 0.775. The fourth-order valence-electron chi connectivity index (χ4n) is 1.26. The zero-order valence-corrected chi connectivity index (χ0v) is 8.88. The third-order valence-corrected chi connectivity index (χ3v) is 2.85. The van der Waals surface area contributed by atoms with Crippen LogP contribution < -0.4 is 11.1 Å². The predicted octanol–water partition coefficient (Wildman–Crippen LogP) is 1.10. The maximum atomic E-state index is 11.7. The number of nitrogens with zero attached hydrogens (tertiary/aromatic N) is 1. The second-order valence-corrected chi connectivity index (χ2v) is 4.20. The van der Waals surface area contributed by atoms with Gasteiger partial charge in [0, 0.05) is 17.0 Å². The van der Waals surface area contributed by atoms with Crippen LogP contribution in [0.2, 0.25) is 0 Å². The average molecular weight is 221 g/mol. The summed E-state index contributed by atoms with van der Waals surface area (Å²) in [5, 5.41) is 3.44. The lowest BCUT2D eigenvalue weighted by Crippen LogP contribution is -2.27. The number of hydrogen-bond acceptors (Lipinski definition) is 4. The Morgan fingerprint density at radius 3 is 3.07 bits per heavy atom. The van der Waals surface area contributed by atoms with Crippen LogP contribution in [0.5, 0.6) is 0 Å². The standard InChI is InChI=1S/C10H11N3OS/c11-8-3-1-2-7(6-8)9(14)13-10-12-4-5-15-10/h1-3,6H,4-5,11H2,(H,12,13,14). The average Bonchev–Trinajstić information content (AvgIpc) is 2.70. The summed E-state index contributed by atoms with van der Waals surface area (Å²) >= 11 is 1.56. The van der Waals surface area contributed by atoms with Crippen molar-refractivity contribution in [2.24, 2.45) is 4.99 Å². The molecule has 78 valence electrons. The number of aliphatic imine (C=N–C) groups is 1. The van der Waals surface area contributed by atoms with Gasteiger partial charge in [0.1, 0.15) is 0 Å². The van der Waals surface area contributed by atoms with Gasteiger partial charge in [-0.25, -0.2) is 0 Å². The van der Waals surface area contributed by atoms with Crippen molar-refractivity contribution in [1.29, 1.82) is 0 Å². The number of carbonyl (C=O) groups excluding carboxylic acids is 1. The summed E-state index contributed by atoms with van der Waals surface area (Å²) in [6, 6.07) is 6.88. The quantitative estimate of drug-likeness (QED) is 0.698. The van der Waals surface area contributed by atoms with Crippen LogP contribution in [0.4, 0.5) is 5.69 Å². The highest BCUT2D eigenvalue weighted by atomic mass is 32.2. The SMILES string of the molecule is Nc1cccc(C(=O)NC2=NCCS2)c1. The molecule has 1 aliphatic rings. The minimum atomic E-state index is -0.157. The molecule has 4 nitrogen and oxygen atoms in total. The van der Waals surface area contributed by atoms with Gasteiger partial charge in [0.25, 0.3) is 5.91 Å². The zero-order chi connectivity index (χ0) is 10.7. The second kappa shape index (κ2) is 4.35. The first-order valence-corrected chi connectivity index (χ1v) is 5.58. The van der Waals surface area contributed by atoms with Crippen molar-refractivity contribution in [3.63, 3.8) is 0 Å². The molecule has 0 radical (unpaired) electrons. The number of rotatable bonds is 1. The minimum absolute atomic E-state index is 0.157. The normalized spacial score (nSPS) is 14.8. The molecule has 0 spiro atoms. The Labute approximate surface area is 92.0 Å². The Balaban J connectivity index is 2.07. The van der Waals surface area contributed by atoms with Gasteiger partial charge in [-0.15, -0.1) is 0 Å². The molecule has 0 atom stereocenters. The molecule has 5 heteroatoms. The summed E-state index contributed by atoms with van der Waals surface area (Å²) in [4.78, 5) is 15.8. The molecule has 0 saturated heterocycles. The van der Waals surface area contributed by atoms with E-state index in [0.29, 0.717) is 16.4 Å². The highest BCUT2D eigenvalue weighted by Crippen LogP contribution is 2.11. The van der Waals surface area contributed by atoms with Gasteiger partial charge < -0.3 is 11.1 Å². The van der Waals surface area contributed by atoms with Crippen LogP contribution in [0.15, 0.2) is 29.3 Å². The number of hydrogen-bond donors (Lipinski definition) is 2. The number of thioether (sulfide) groups is 1. The van der Waals surface area contributed by atoms with Gasteiger partial charge in [0.2, 0.25) is 0 Å². The first kappa shape index (κ1) is 10.0. The summed E-state index contributed by atoms with van der Waals surface area (Å²) in [5.74, 6) is 0.780. The molecule has 0 aromatic heterocycles. The van der Waals surface area contributed by atoms with E-state index in [4.69, 9.17) is 5.73 Å². The van der Waals surface area contributed by atoms with E-state index in [1.54, 1.807) is 36.0 Å². The number of benzene rings is 1. The van der Waals surface area contributed by atoms with E-state index in [0.717, 1.165) is 12.3 Å². The first-order valence-electron chi connectivity index (χ1n) is 4.60. The number of nitrogens with two attached hydrogens (primary N) is 1. The number of nitrogen functional groups attached to an aromatic ring is 1. The molecule has 0 saturated carbocycles. The van der Waals surface area contributed by atoms with Crippen molar-refractivity contribution in [2.75, 3.05) is 18.0 Å². The van der Waals surface area contributed by atoms with Crippen LogP contribution in [-0.2, 0) is 0 Å². The number of carbonyl (C=O) groups is 1. The Bertz CT molecular complexity index is 417. The van der Waals surface area contributed by atoms with Crippen LogP contribution >= 0.6 is 11.8 Å². The summed E-state index contributed by atoms with van der Waals surface area (Å²) in [6.07, 6.45) is 0. The molecule has 2 rings (SSSR count). The lowest BCUT2D eigenvalue weighted by atomic mass is 10.2. The van der Waals surface area contributed by atoms with Crippen molar-refractivity contribution in [3.8, 4) is 0 Å². The Kier molecular flexibility index (Phi) is 2.91. The van der Waals surface area contributed by atoms with E-state index in [-0.39, 0.29) is 5.91 Å². The first-order chi connectivity index (χ1) is 7.25. The predicted molar refractivity (Wildman–Crippen MR) is 63.1 cm³/mol. The number of amidine groups is 1. The molecule has 1 aromatic carbocycles. The van der Waals surface area contributed by atoms with Crippen LogP contribution in [0.3, 0.4) is 0 Å². The maximum absolute atomic E-state index is 11.7. The summed E-state index contributed by atoms with van der Waals surface area (Å²) in [5.41, 5.74) is 6.74. The van der Waals surface area contributed by atoms with Crippen molar-refractivity contribution < 1.29 is 4.79 Å². The Hall–Kier alpha value is -1.49. The van der Waals surface area contributed by atoms with Gasteiger partial charge in [-0.05, 0) is 18.2 Å². The molecular weight excluding hydrogens is 210 g/mol. The van der Waals surface area contributed by atoms with E-state index < -0.39 is 0 Å². The lowest BCUT2D eigenvalue weighted by Gasteiger charge is -2.04. The molecule has 0 bridgehead atoms. The van der Waals surface area contributed by atoms with Gasteiger partial charge >= 0.3 is 0 Å². The monoisotopic (exact) mass is 221 g/mol. The van der Waals surface area contributed by atoms with Gasteiger partial charge in [0.15, 0.2) is 5.17 Å². The minimum Gasteiger partial charge on any atom is -0.399 e. The van der Waals surface area contributed by atoms with Crippen LogP contribution in [-0.4, -0.2) is 23.4 Å². The smallest absolute Gasteiger partial charge is 0.257 e. The van der Waals surface area contributed by atoms with E-state index >= 15 is 0 Å². The molecule has 1 aliphatic heterocycles. The van der Waals surface area contributed by atoms with E-state index in [1.165, 1.54) is 0 Å². The molecule has 0 fully saturated rings. The van der Waals surface area contributed by atoms with E-state index in [2.05, 4.69) is 10.3 Å². The zero-order valence-electron chi connectivity index (χ0n) is 8.06. The van der Waals surface area contributed by atoms with Crippen LogP contribution in [0.1, 0.15) is 10.4 Å². The maximum Gasteiger partial charge on any atom is 0.257 e. The van der Waals surface area contributed by atoms with Crippen LogP contribution in [0, 0.1) is 0 Å². The molecule has 15 heavy (non-hydrogen) atoms. The molecule has 1 amide bonds. The highest BCUT2D eigenvalue weighted by Gasteiger charge is 2.12. The third kappa shape index (κ3) is 2.50. The van der Waals surface area contributed by atoms with Crippen molar-refractivity contribution in [3.05, 3.63) is 29.8 Å². The van der Waals surface area contributed by atoms with E-state index in [1.807, 2.05) is 0 Å². The van der Waals surface area contributed by atoms with E-state index in [9.17, 15) is 4.79 Å². The van der Waals surface area contributed by atoms with Crippen molar-refractivity contribution >= 4 is 28.5 Å². The molecule has 1 aromatic rings. The van der Waals surface area contributed by atoms with Gasteiger partial charge in [0.05, 0.1) is 6.54 Å². The van der Waals surface area contributed by atoms with Crippen molar-refractivity contribution in [1.82, 2.24) is 5.32 Å². The third-order valence-electron chi connectivity index (χ3n) is 1.95. The van der Waals surface area contributed by atoms with Gasteiger partial charge in [-0.2, -0.15) is 0 Å². The largest absolute Gasteiger partial charge is 0.399 e. The highest BCUT2D eigenvalue weighted by molar-refractivity contribution is 8.14. The summed E-state index contributed by atoms with van der Waals surface area (Å²) in [7, 11) is 0. The summed E-state index contributed by atoms with van der Waals surface area (Å²) < 4.78 is 0. The number of anilines is 1. The molecule has 3 N–H and O–H groups in total. The fourth-order valence-corrected chi connectivity index (χ4v) is 1.98. The lowest BCUT2D eigenvalue weighted by molar-refractivity contribution is 0.0978.